The number of ether oxygens (including phenoxy) is 4. The van der Waals surface area contributed by atoms with E-state index >= 15 is 0 Å². The van der Waals surface area contributed by atoms with Crippen molar-refractivity contribution < 1.29 is 28.5 Å². The first-order valence-corrected chi connectivity index (χ1v) is 8.73. The third-order valence-electron chi connectivity index (χ3n) is 4.45. The number of methoxy groups -OCH3 is 1. The fourth-order valence-electron chi connectivity index (χ4n) is 3.35. The lowest BCUT2D eigenvalue weighted by Crippen LogP contribution is -2.43. The van der Waals surface area contributed by atoms with Crippen LogP contribution in [-0.4, -0.2) is 49.1 Å². The highest BCUT2D eigenvalue weighted by molar-refractivity contribution is 5.82. The Balaban J connectivity index is 1.71. The van der Waals surface area contributed by atoms with Crippen LogP contribution < -0.4 is 9.47 Å². The van der Waals surface area contributed by atoms with Crippen LogP contribution in [0.2, 0.25) is 0 Å². The maximum atomic E-state index is 12.5. The van der Waals surface area contributed by atoms with Crippen molar-refractivity contribution in [2.24, 2.45) is 5.92 Å². The summed E-state index contributed by atoms with van der Waals surface area (Å²) in [6.07, 6.45) is 0.783. The number of benzene rings is 1. The quantitative estimate of drug-likeness (QED) is 0.769. The molecular weight excluding hydrogens is 338 g/mol. The number of esters is 1. The van der Waals surface area contributed by atoms with Crippen LogP contribution in [0.15, 0.2) is 18.2 Å². The smallest absolute Gasteiger partial charge is 0.411 e. The number of fused-ring (bicyclic) bond motifs is 1. The summed E-state index contributed by atoms with van der Waals surface area (Å²) < 4.78 is 21.1. The summed E-state index contributed by atoms with van der Waals surface area (Å²) in [5.41, 5.74) is 0.460. The van der Waals surface area contributed by atoms with Gasteiger partial charge in [0.1, 0.15) is 11.6 Å². The molecule has 142 valence electrons. The van der Waals surface area contributed by atoms with E-state index in [1.165, 1.54) is 12.0 Å². The number of rotatable bonds is 3. The lowest BCUT2D eigenvalue weighted by atomic mass is 9.96. The minimum absolute atomic E-state index is 0.131. The minimum atomic E-state index is -0.618. The molecule has 3 rings (SSSR count). The largest absolute Gasteiger partial charge is 0.467 e. The van der Waals surface area contributed by atoms with Crippen molar-refractivity contribution in [3.05, 3.63) is 23.8 Å². The number of nitrogens with zero attached hydrogens (tertiary/aromatic N) is 1. The van der Waals surface area contributed by atoms with Gasteiger partial charge < -0.3 is 18.9 Å². The molecule has 2 aliphatic heterocycles. The average Bonchev–Trinajstić information content (AvgIpc) is 3.18. The zero-order valence-electron chi connectivity index (χ0n) is 15.6. The molecule has 0 saturated carbocycles. The summed E-state index contributed by atoms with van der Waals surface area (Å²) in [7, 11) is 1.33. The molecule has 2 heterocycles. The van der Waals surface area contributed by atoms with Gasteiger partial charge in [-0.25, -0.2) is 9.59 Å². The molecule has 26 heavy (non-hydrogen) atoms. The first-order valence-electron chi connectivity index (χ1n) is 8.73. The molecule has 1 saturated heterocycles. The third kappa shape index (κ3) is 4.03. The summed E-state index contributed by atoms with van der Waals surface area (Å²) >= 11 is 0. The van der Waals surface area contributed by atoms with Crippen LogP contribution in [-0.2, 0) is 20.7 Å². The number of carbonyl (C=O) groups excluding carboxylic acids is 2. The first-order chi connectivity index (χ1) is 12.3. The molecule has 0 aromatic heterocycles. The van der Waals surface area contributed by atoms with Gasteiger partial charge in [-0.3, -0.25) is 4.90 Å². The molecule has 7 nitrogen and oxygen atoms in total. The second-order valence-electron chi connectivity index (χ2n) is 7.67. The predicted molar refractivity (Wildman–Crippen MR) is 93.1 cm³/mol. The van der Waals surface area contributed by atoms with Gasteiger partial charge in [-0.05, 0) is 57.2 Å². The highest BCUT2D eigenvalue weighted by Crippen LogP contribution is 2.35. The Hall–Kier alpha value is -2.44. The maximum Gasteiger partial charge on any atom is 0.411 e. The van der Waals surface area contributed by atoms with Crippen molar-refractivity contribution in [2.75, 3.05) is 20.4 Å². The second kappa shape index (κ2) is 7.05. The molecule has 1 aromatic rings. The van der Waals surface area contributed by atoms with E-state index in [1.54, 1.807) is 20.8 Å². The summed E-state index contributed by atoms with van der Waals surface area (Å²) in [5.74, 6) is 1.19. The standard InChI is InChI=1S/C19H25NO6/c1-19(2,3)26-18(22)20-10-13(8-14(20)17(21)23-4)7-12-5-6-15-16(9-12)25-11-24-15/h5-6,9,13-14H,7-8,10-11H2,1-4H3/t13-,14?/m1/s1. The van der Waals surface area contributed by atoms with Crippen molar-refractivity contribution in [1.29, 1.82) is 0 Å². The van der Waals surface area contributed by atoms with Crippen LogP contribution in [0, 0.1) is 5.92 Å². The van der Waals surface area contributed by atoms with E-state index in [0.717, 1.165) is 23.5 Å². The minimum Gasteiger partial charge on any atom is -0.467 e. The van der Waals surface area contributed by atoms with E-state index in [4.69, 9.17) is 18.9 Å². The summed E-state index contributed by atoms with van der Waals surface area (Å²) in [6.45, 7) is 6.09. The van der Waals surface area contributed by atoms with Crippen LogP contribution in [0.1, 0.15) is 32.8 Å². The van der Waals surface area contributed by atoms with Gasteiger partial charge in [-0.15, -0.1) is 0 Å². The zero-order chi connectivity index (χ0) is 18.9. The molecule has 0 aliphatic carbocycles. The lowest BCUT2D eigenvalue weighted by Gasteiger charge is -2.27. The molecule has 0 bridgehead atoms. The van der Waals surface area contributed by atoms with Crippen molar-refractivity contribution in [2.45, 2.75) is 45.3 Å². The maximum absolute atomic E-state index is 12.5. The molecule has 0 N–H and O–H groups in total. The second-order valence-corrected chi connectivity index (χ2v) is 7.67. The number of hydrogen-bond acceptors (Lipinski definition) is 6. The van der Waals surface area contributed by atoms with Crippen molar-refractivity contribution in [1.82, 2.24) is 4.90 Å². The van der Waals surface area contributed by atoms with Gasteiger partial charge in [-0.1, -0.05) is 6.07 Å². The van der Waals surface area contributed by atoms with Gasteiger partial charge in [0.15, 0.2) is 11.5 Å². The van der Waals surface area contributed by atoms with Gasteiger partial charge in [-0.2, -0.15) is 0 Å². The summed E-state index contributed by atoms with van der Waals surface area (Å²) in [5, 5.41) is 0. The molecular formula is C19H25NO6. The molecule has 7 heteroatoms. The van der Waals surface area contributed by atoms with Gasteiger partial charge in [0.25, 0.3) is 0 Å². The van der Waals surface area contributed by atoms with Crippen LogP contribution >= 0.6 is 0 Å². The van der Waals surface area contributed by atoms with Crippen LogP contribution in [0.5, 0.6) is 11.5 Å². The number of carbonyl (C=O) groups is 2. The zero-order valence-corrected chi connectivity index (χ0v) is 15.6. The SMILES string of the molecule is COC(=O)C1C[C@@H](Cc2ccc3c(c2)OCO3)CN1C(=O)OC(C)(C)C. The molecule has 1 fully saturated rings. The fourth-order valence-corrected chi connectivity index (χ4v) is 3.35. The fraction of sp³-hybridized carbons (Fsp3) is 0.579. The highest BCUT2D eigenvalue weighted by atomic mass is 16.7. The van der Waals surface area contributed by atoms with Gasteiger partial charge in [0, 0.05) is 6.54 Å². The van der Waals surface area contributed by atoms with Gasteiger partial charge >= 0.3 is 12.1 Å². The topological polar surface area (TPSA) is 74.3 Å². The Morgan fingerprint density at radius 1 is 1.23 bits per heavy atom. The average molecular weight is 363 g/mol. The van der Waals surface area contributed by atoms with E-state index < -0.39 is 23.7 Å². The Bertz CT molecular complexity index is 696. The van der Waals surface area contributed by atoms with E-state index in [9.17, 15) is 9.59 Å². The molecule has 2 atom stereocenters. The van der Waals surface area contributed by atoms with Crippen molar-refractivity contribution in [3.63, 3.8) is 0 Å². The first kappa shape index (κ1) is 18.4. The van der Waals surface area contributed by atoms with E-state index in [2.05, 4.69) is 0 Å². The normalized spacial score (nSPS) is 21.6. The van der Waals surface area contributed by atoms with Crippen LogP contribution in [0.25, 0.3) is 0 Å². The molecule has 2 aliphatic rings. The predicted octanol–water partition coefficient (Wildman–Crippen LogP) is 2.76. The molecule has 0 radical (unpaired) electrons. The van der Waals surface area contributed by atoms with Crippen molar-refractivity contribution >= 4 is 12.1 Å². The Kier molecular flexibility index (Phi) is 4.98. The van der Waals surface area contributed by atoms with Gasteiger partial charge in [0.05, 0.1) is 7.11 Å². The molecule has 1 amide bonds. The Morgan fingerprint density at radius 3 is 2.65 bits per heavy atom. The number of hydrogen-bond donors (Lipinski definition) is 0. The van der Waals surface area contributed by atoms with Gasteiger partial charge in [0.2, 0.25) is 6.79 Å². The molecule has 1 aromatic carbocycles. The van der Waals surface area contributed by atoms with Crippen LogP contribution in [0.3, 0.4) is 0 Å². The summed E-state index contributed by atoms with van der Waals surface area (Å²) in [6, 6.07) is 5.20. The lowest BCUT2D eigenvalue weighted by molar-refractivity contribution is -0.145. The highest BCUT2D eigenvalue weighted by Gasteiger charge is 2.42. The Labute approximate surface area is 153 Å². The van der Waals surface area contributed by atoms with E-state index in [-0.39, 0.29) is 12.7 Å². The van der Waals surface area contributed by atoms with E-state index in [1.807, 2.05) is 18.2 Å². The van der Waals surface area contributed by atoms with E-state index in [0.29, 0.717) is 13.0 Å². The van der Waals surface area contributed by atoms with Crippen molar-refractivity contribution in [3.8, 4) is 11.5 Å². The number of amides is 1. The molecule has 0 spiro atoms. The summed E-state index contributed by atoms with van der Waals surface area (Å²) in [4.78, 5) is 26.1. The monoisotopic (exact) mass is 363 g/mol. The third-order valence-corrected chi connectivity index (χ3v) is 4.45. The molecule has 1 unspecified atom stereocenters. The Morgan fingerprint density at radius 2 is 1.96 bits per heavy atom. The number of likely N-dealkylation sites (tertiary alicyclic amines) is 1. The van der Waals surface area contributed by atoms with Crippen LogP contribution in [0.4, 0.5) is 4.79 Å².